The Morgan fingerprint density at radius 1 is 1.08 bits per heavy atom. The van der Waals surface area contributed by atoms with Gasteiger partial charge in [0, 0.05) is 42.8 Å². The first-order valence-corrected chi connectivity index (χ1v) is 8.87. The highest BCUT2D eigenvalue weighted by Gasteiger charge is 2.21. The molecule has 0 aliphatic carbocycles. The minimum absolute atomic E-state index is 0.173. The predicted molar refractivity (Wildman–Crippen MR) is 103 cm³/mol. The number of halogens is 1. The molecule has 0 unspecified atom stereocenters. The molecule has 0 saturated heterocycles. The summed E-state index contributed by atoms with van der Waals surface area (Å²) >= 11 is 0. The van der Waals surface area contributed by atoms with Gasteiger partial charge in [0.15, 0.2) is 0 Å². The number of aromatic amines is 1. The smallest absolute Gasteiger partial charge is 0.126 e. The van der Waals surface area contributed by atoms with Crippen molar-refractivity contribution in [2.45, 2.75) is 19.3 Å². The standard InChI is InChI=1S/C22H20FN3/c23-20-9-2-1-6-16(20)14-19(21-10-5-12-25-21)18-8-4-13-26-22(18)17-7-3-11-24-15-17/h1-3,5-7,9-12,15,25H,4,8,13-14H2. The fourth-order valence-corrected chi connectivity index (χ4v) is 3.44. The van der Waals surface area contributed by atoms with Crippen molar-refractivity contribution in [3.8, 4) is 0 Å². The third-order valence-corrected chi connectivity index (χ3v) is 4.69. The van der Waals surface area contributed by atoms with Crippen LogP contribution in [0.1, 0.15) is 29.7 Å². The third kappa shape index (κ3) is 3.36. The van der Waals surface area contributed by atoms with Gasteiger partial charge in [0.2, 0.25) is 0 Å². The molecule has 2 aromatic heterocycles. The molecule has 0 fully saturated rings. The molecule has 4 heteroatoms. The van der Waals surface area contributed by atoms with Crippen molar-refractivity contribution in [1.29, 1.82) is 0 Å². The first-order valence-electron chi connectivity index (χ1n) is 8.87. The molecule has 3 aromatic rings. The summed E-state index contributed by atoms with van der Waals surface area (Å²) in [4.78, 5) is 12.3. The van der Waals surface area contributed by atoms with Crippen molar-refractivity contribution in [2.75, 3.05) is 6.54 Å². The van der Waals surface area contributed by atoms with Crippen LogP contribution in [0.5, 0.6) is 0 Å². The zero-order valence-corrected chi connectivity index (χ0v) is 14.5. The van der Waals surface area contributed by atoms with Crippen LogP contribution in [-0.4, -0.2) is 22.2 Å². The zero-order chi connectivity index (χ0) is 17.8. The van der Waals surface area contributed by atoms with Crippen molar-refractivity contribution in [2.24, 2.45) is 4.99 Å². The molecular weight excluding hydrogens is 325 g/mol. The molecule has 0 radical (unpaired) electrons. The number of benzene rings is 1. The van der Waals surface area contributed by atoms with E-state index in [1.807, 2.05) is 48.8 Å². The maximum Gasteiger partial charge on any atom is 0.126 e. The van der Waals surface area contributed by atoms with Crippen LogP contribution in [0.15, 0.2) is 77.7 Å². The Kier molecular flexibility index (Phi) is 4.73. The van der Waals surface area contributed by atoms with Crippen molar-refractivity contribution >= 4 is 11.3 Å². The van der Waals surface area contributed by atoms with E-state index in [0.717, 1.165) is 41.9 Å². The van der Waals surface area contributed by atoms with Gasteiger partial charge < -0.3 is 4.98 Å². The lowest BCUT2D eigenvalue weighted by Gasteiger charge is -2.21. The largest absolute Gasteiger partial charge is 0.361 e. The number of hydrogen-bond donors (Lipinski definition) is 1. The Hall–Kier alpha value is -3.01. The molecule has 1 aliphatic rings. The van der Waals surface area contributed by atoms with E-state index in [-0.39, 0.29) is 5.82 Å². The summed E-state index contributed by atoms with van der Waals surface area (Å²) < 4.78 is 14.3. The first-order chi connectivity index (χ1) is 12.8. The van der Waals surface area contributed by atoms with Gasteiger partial charge >= 0.3 is 0 Å². The van der Waals surface area contributed by atoms with Crippen LogP contribution < -0.4 is 0 Å². The Morgan fingerprint density at radius 2 is 2.00 bits per heavy atom. The third-order valence-electron chi connectivity index (χ3n) is 4.69. The molecule has 1 N–H and O–H groups in total. The zero-order valence-electron chi connectivity index (χ0n) is 14.5. The van der Waals surface area contributed by atoms with Crippen LogP contribution in [0.2, 0.25) is 0 Å². The highest BCUT2D eigenvalue weighted by Crippen LogP contribution is 2.30. The van der Waals surface area contributed by atoms with Crippen molar-refractivity contribution < 1.29 is 4.39 Å². The SMILES string of the molecule is Fc1ccccc1CC(=C1CCCN=C1c1cccnc1)c1ccc[nH]1. The number of H-pyrrole nitrogens is 1. The van der Waals surface area contributed by atoms with E-state index in [9.17, 15) is 4.39 Å². The lowest BCUT2D eigenvalue weighted by molar-refractivity contribution is 0.615. The maximum atomic E-state index is 14.3. The molecule has 0 bridgehead atoms. The van der Waals surface area contributed by atoms with E-state index in [1.54, 1.807) is 12.3 Å². The summed E-state index contributed by atoms with van der Waals surface area (Å²) in [6.07, 6.45) is 7.97. The number of nitrogens with zero attached hydrogens (tertiary/aromatic N) is 2. The lowest BCUT2D eigenvalue weighted by atomic mass is 9.88. The van der Waals surface area contributed by atoms with E-state index in [1.165, 1.54) is 11.6 Å². The summed E-state index contributed by atoms with van der Waals surface area (Å²) in [5, 5.41) is 0. The summed E-state index contributed by atoms with van der Waals surface area (Å²) in [5.41, 5.74) is 5.98. The summed E-state index contributed by atoms with van der Waals surface area (Å²) in [7, 11) is 0. The molecule has 0 spiro atoms. The molecule has 0 amide bonds. The first kappa shape index (κ1) is 16.5. The Labute approximate surface area is 152 Å². The molecule has 1 aliphatic heterocycles. The number of allylic oxidation sites excluding steroid dienone is 2. The second-order valence-corrected chi connectivity index (χ2v) is 6.38. The summed E-state index contributed by atoms with van der Waals surface area (Å²) in [6, 6.07) is 14.9. The summed E-state index contributed by atoms with van der Waals surface area (Å²) in [6.45, 7) is 0.811. The Bertz CT molecular complexity index is 941. The second kappa shape index (κ2) is 7.48. The van der Waals surface area contributed by atoms with Crippen LogP contribution >= 0.6 is 0 Å². The molecule has 3 nitrogen and oxygen atoms in total. The molecule has 0 saturated carbocycles. The second-order valence-electron chi connectivity index (χ2n) is 6.38. The lowest BCUT2D eigenvalue weighted by Crippen LogP contribution is -2.15. The van der Waals surface area contributed by atoms with E-state index < -0.39 is 0 Å². The minimum atomic E-state index is -0.173. The molecule has 1 aromatic carbocycles. The Morgan fingerprint density at radius 3 is 2.77 bits per heavy atom. The molecule has 26 heavy (non-hydrogen) atoms. The highest BCUT2D eigenvalue weighted by molar-refractivity contribution is 6.16. The molecule has 4 rings (SSSR count). The predicted octanol–water partition coefficient (Wildman–Crippen LogP) is 4.83. The van der Waals surface area contributed by atoms with Gasteiger partial charge in [-0.05, 0) is 59.9 Å². The van der Waals surface area contributed by atoms with Crippen molar-refractivity contribution in [3.05, 3.63) is 95.3 Å². The average Bonchev–Trinajstić information content (AvgIpc) is 3.23. The van der Waals surface area contributed by atoms with E-state index in [4.69, 9.17) is 4.99 Å². The van der Waals surface area contributed by atoms with Crippen LogP contribution in [-0.2, 0) is 6.42 Å². The average molecular weight is 345 g/mol. The number of aliphatic imine (C=N–C) groups is 1. The fourth-order valence-electron chi connectivity index (χ4n) is 3.44. The molecule has 130 valence electrons. The molecular formula is C22H20FN3. The van der Waals surface area contributed by atoms with Gasteiger partial charge in [-0.15, -0.1) is 0 Å². The van der Waals surface area contributed by atoms with Gasteiger partial charge in [-0.3, -0.25) is 9.98 Å². The van der Waals surface area contributed by atoms with Crippen LogP contribution in [0.3, 0.4) is 0 Å². The monoisotopic (exact) mass is 345 g/mol. The van der Waals surface area contributed by atoms with E-state index in [2.05, 4.69) is 9.97 Å². The number of pyridine rings is 1. The molecule has 3 heterocycles. The summed E-state index contributed by atoms with van der Waals surface area (Å²) in [5.74, 6) is -0.173. The topological polar surface area (TPSA) is 41.0 Å². The van der Waals surface area contributed by atoms with Crippen LogP contribution in [0.25, 0.3) is 5.57 Å². The van der Waals surface area contributed by atoms with E-state index >= 15 is 0 Å². The van der Waals surface area contributed by atoms with Crippen molar-refractivity contribution in [1.82, 2.24) is 9.97 Å². The van der Waals surface area contributed by atoms with Gasteiger partial charge in [0.1, 0.15) is 5.82 Å². The normalized spacial score (nSPS) is 16.3. The van der Waals surface area contributed by atoms with Gasteiger partial charge in [0.25, 0.3) is 0 Å². The number of aromatic nitrogens is 2. The van der Waals surface area contributed by atoms with Gasteiger partial charge in [-0.1, -0.05) is 18.2 Å². The van der Waals surface area contributed by atoms with Gasteiger partial charge in [-0.2, -0.15) is 0 Å². The van der Waals surface area contributed by atoms with E-state index in [0.29, 0.717) is 12.0 Å². The highest BCUT2D eigenvalue weighted by atomic mass is 19.1. The quantitative estimate of drug-likeness (QED) is 0.723. The van der Waals surface area contributed by atoms with Gasteiger partial charge in [-0.25, -0.2) is 4.39 Å². The minimum Gasteiger partial charge on any atom is -0.361 e. The molecule has 0 atom stereocenters. The maximum absolute atomic E-state index is 14.3. The fraction of sp³-hybridized carbons (Fsp3) is 0.182. The number of nitrogens with one attached hydrogen (secondary N) is 1. The van der Waals surface area contributed by atoms with Crippen molar-refractivity contribution in [3.63, 3.8) is 0 Å². The van der Waals surface area contributed by atoms with Gasteiger partial charge in [0.05, 0.1) is 5.71 Å². The van der Waals surface area contributed by atoms with Crippen LogP contribution in [0, 0.1) is 5.82 Å². The van der Waals surface area contributed by atoms with Crippen LogP contribution in [0.4, 0.5) is 4.39 Å². The Balaban J connectivity index is 1.85. The number of hydrogen-bond acceptors (Lipinski definition) is 2. The number of rotatable bonds is 4.